The first kappa shape index (κ1) is 13.6. The summed E-state index contributed by atoms with van der Waals surface area (Å²) in [6.45, 7) is 7.33. The van der Waals surface area contributed by atoms with Crippen molar-refractivity contribution in [1.29, 1.82) is 0 Å². The third-order valence-corrected chi connectivity index (χ3v) is 2.28. The van der Waals surface area contributed by atoms with E-state index in [0.717, 1.165) is 17.8 Å². The molecule has 4 heteroatoms. The lowest BCUT2D eigenvalue weighted by molar-refractivity contribution is -0.121. The van der Waals surface area contributed by atoms with Crippen molar-refractivity contribution < 1.29 is 4.79 Å². The van der Waals surface area contributed by atoms with Gasteiger partial charge in [-0.25, -0.2) is 0 Å². The smallest absolute Gasteiger partial charge is 0.221 e. The first-order chi connectivity index (χ1) is 8.08. The lowest BCUT2D eigenvalue weighted by atomic mass is 10.2. The quantitative estimate of drug-likeness (QED) is 0.733. The Morgan fingerprint density at radius 1 is 1.41 bits per heavy atom. The van der Waals surface area contributed by atoms with Gasteiger partial charge in [0.2, 0.25) is 5.91 Å². The van der Waals surface area contributed by atoms with Gasteiger partial charge in [0.15, 0.2) is 0 Å². The maximum Gasteiger partial charge on any atom is 0.221 e. The molecule has 1 heterocycles. The molecule has 0 saturated carbocycles. The summed E-state index contributed by atoms with van der Waals surface area (Å²) >= 11 is 0. The molecule has 1 aromatic rings. The summed E-state index contributed by atoms with van der Waals surface area (Å²) in [5, 5.41) is 6.08. The first-order valence-corrected chi connectivity index (χ1v) is 5.99. The van der Waals surface area contributed by atoms with E-state index < -0.39 is 0 Å². The maximum atomic E-state index is 11.3. The van der Waals surface area contributed by atoms with Crippen molar-refractivity contribution in [3.05, 3.63) is 29.6 Å². The number of aryl methyl sites for hydroxylation is 1. The fourth-order valence-electron chi connectivity index (χ4n) is 1.43. The minimum atomic E-state index is 0.0922. The molecule has 1 rings (SSSR count). The van der Waals surface area contributed by atoms with Crippen LogP contribution in [-0.4, -0.2) is 23.5 Å². The number of carbonyl (C=O) groups is 1. The molecule has 0 aliphatic rings. The van der Waals surface area contributed by atoms with E-state index in [2.05, 4.69) is 15.6 Å². The number of hydrogen-bond acceptors (Lipinski definition) is 3. The van der Waals surface area contributed by atoms with Crippen LogP contribution in [0, 0.1) is 6.92 Å². The molecule has 0 unspecified atom stereocenters. The van der Waals surface area contributed by atoms with Crippen molar-refractivity contribution in [3.8, 4) is 0 Å². The van der Waals surface area contributed by atoms with Crippen LogP contribution in [0.4, 0.5) is 0 Å². The zero-order valence-electron chi connectivity index (χ0n) is 10.8. The fraction of sp³-hybridized carbons (Fsp3) is 0.538. The number of carbonyl (C=O) groups excluding carboxylic acids is 1. The Hall–Kier alpha value is -1.42. The normalized spacial score (nSPS) is 10.6. The maximum absolute atomic E-state index is 11.3. The number of pyridine rings is 1. The number of rotatable bonds is 6. The first-order valence-electron chi connectivity index (χ1n) is 5.99. The van der Waals surface area contributed by atoms with E-state index in [1.165, 1.54) is 0 Å². The van der Waals surface area contributed by atoms with Crippen molar-refractivity contribution >= 4 is 5.91 Å². The topological polar surface area (TPSA) is 54.0 Å². The molecule has 0 saturated heterocycles. The third kappa shape index (κ3) is 6.02. The minimum absolute atomic E-state index is 0.0922. The van der Waals surface area contributed by atoms with Crippen LogP contribution in [0.5, 0.6) is 0 Å². The van der Waals surface area contributed by atoms with Crippen molar-refractivity contribution in [2.75, 3.05) is 6.54 Å². The molecule has 94 valence electrons. The van der Waals surface area contributed by atoms with Gasteiger partial charge in [0.25, 0.3) is 0 Å². The van der Waals surface area contributed by atoms with Crippen molar-refractivity contribution in [2.45, 2.75) is 39.8 Å². The van der Waals surface area contributed by atoms with E-state index >= 15 is 0 Å². The van der Waals surface area contributed by atoms with Gasteiger partial charge >= 0.3 is 0 Å². The minimum Gasteiger partial charge on any atom is -0.354 e. The molecule has 1 amide bonds. The lowest BCUT2D eigenvalue weighted by Crippen LogP contribution is -2.32. The summed E-state index contributed by atoms with van der Waals surface area (Å²) in [6.07, 6.45) is 2.37. The molecule has 0 atom stereocenters. The van der Waals surface area contributed by atoms with Gasteiger partial charge in [-0.3, -0.25) is 9.78 Å². The van der Waals surface area contributed by atoms with Gasteiger partial charge in [-0.1, -0.05) is 6.07 Å². The van der Waals surface area contributed by atoms with Crippen LogP contribution in [0.2, 0.25) is 0 Å². The average molecular weight is 235 g/mol. The van der Waals surface area contributed by atoms with E-state index in [4.69, 9.17) is 0 Å². The van der Waals surface area contributed by atoms with Crippen LogP contribution in [0.15, 0.2) is 18.3 Å². The van der Waals surface area contributed by atoms with Gasteiger partial charge in [-0.15, -0.1) is 0 Å². The third-order valence-electron chi connectivity index (χ3n) is 2.28. The molecule has 1 aromatic heterocycles. The molecule has 0 aliphatic carbocycles. The molecular weight excluding hydrogens is 214 g/mol. The Morgan fingerprint density at radius 3 is 2.76 bits per heavy atom. The summed E-state index contributed by atoms with van der Waals surface area (Å²) in [7, 11) is 0. The zero-order valence-corrected chi connectivity index (χ0v) is 10.8. The molecule has 2 N–H and O–H groups in total. The summed E-state index contributed by atoms with van der Waals surface area (Å²) < 4.78 is 0. The van der Waals surface area contributed by atoms with Crippen LogP contribution in [0.1, 0.15) is 31.5 Å². The van der Waals surface area contributed by atoms with Crippen LogP contribution in [-0.2, 0) is 11.3 Å². The second-order valence-electron chi connectivity index (χ2n) is 4.46. The SMILES string of the molecule is Cc1ccc(CNCCC(=O)NC(C)C)cn1. The van der Waals surface area contributed by atoms with E-state index in [-0.39, 0.29) is 11.9 Å². The molecule has 0 fully saturated rings. The number of nitrogens with zero attached hydrogens (tertiary/aromatic N) is 1. The van der Waals surface area contributed by atoms with E-state index in [0.29, 0.717) is 13.0 Å². The Bertz CT molecular complexity index is 346. The summed E-state index contributed by atoms with van der Waals surface area (Å²) in [5.74, 6) is 0.0922. The molecular formula is C13H21N3O. The molecule has 0 radical (unpaired) electrons. The second kappa shape index (κ2) is 7.01. The summed E-state index contributed by atoms with van der Waals surface area (Å²) in [4.78, 5) is 15.6. The monoisotopic (exact) mass is 235 g/mol. The predicted octanol–water partition coefficient (Wildman–Crippen LogP) is 1.39. The highest BCUT2D eigenvalue weighted by atomic mass is 16.1. The van der Waals surface area contributed by atoms with Crippen molar-refractivity contribution in [1.82, 2.24) is 15.6 Å². The van der Waals surface area contributed by atoms with E-state index in [9.17, 15) is 4.79 Å². The Labute approximate surface area is 103 Å². The fourth-order valence-corrected chi connectivity index (χ4v) is 1.43. The Kier molecular flexibility index (Phi) is 5.63. The van der Waals surface area contributed by atoms with E-state index in [1.54, 1.807) is 0 Å². The summed E-state index contributed by atoms with van der Waals surface area (Å²) in [5.41, 5.74) is 2.16. The number of hydrogen-bond donors (Lipinski definition) is 2. The zero-order chi connectivity index (χ0) is 12.7. The van der Waals surface area contributed by atoms with Gasteiger partial charge in [-0.2, -0.15) is 0 Å². The molecule has 0 aliphatic heterocycles. The highest BCUT2D eigenvalue weighted by molar-refractivity contribution is 5.76. The largest absolute Gasteiger partial charge is 0.354 e. The van der Waals surface area contributed by atoms with Gasteiger partial charge in [-0.05, 0) is 32.4 Å². The van der Waals surface area contributed by atoms with Crippen LogP contribution in [0.3, 0.4) is 0 Å². The van der Waals surface area contributed by atoms with Crippen molar-refractivity contribution in [3.63, 3.8) is 0 Å². The average Bonchev–Trinajstić information content (AvgIpc) is 2.26. The van der Waals surface area contributed by atoms with Crippen LogP contribution in [0.25, 0.3) is 0 Å². The number of nitrogens with one attached hydrogen (secondary N) is 2. The lowest BCUT2D eigenvalue weighted by Gasteiger charge is -2.08. The highest BCUT2D eigenvalue weighted by Gasteiger charge is 2.02. The van der Waals surface area contributed by atoms with E-state index in [1.807, 2.05) is 39.1 Å². The second-order valence-corrected chi connectivity index (χ2v) is 4.46. The van der Waals surface area contributed by atoms with Gasteiger partial charge in [0.1, 0.15) is 0 Å². The van der Waals surface area contributed by atoms with Crippen LogP contribution >= 0.6 is 0 Å². The predicted molar refractivity (Wildman–Crippen MR) is 68.6 cm³/mol. The van der Waals surface area contributed by atoms with Gasteiger partial charge in [0.05, 0.1) is 0 Å². The molecule has 17 heavy (non-hydrogen) atoms. The molecule has 0 bridgehead atoms. The molecule has 4 nitrogen and oxygen atoms in total. The highest BCUT2D eigenvalue weighted by Crippen LogP contribution is 1.98. The standard InChI is InChI=1S/C13H21N3O/c1-10(2)16-13(17)6-7-14-8-12-5-4-11(3)15-9-12/h4-5,9-10,14H,6-8H2,1-3H3,(H,16,17). The number of aromatic nitrogens is 1. The van der Waals surface area contributed by atoms with Crippen LogP contribution < -0.4 is 10.6 Å². The number of amides is 1. The molecule has 0 aromatic carbocycles. The Balaban J connectivity index is 2.16. The van der Waals surface area contributed by atoms with Crippen molar-refractivity contribution in [2.24, 2.45) is 0 Å². The van der Waals surface area contributed by atoms with Gasteiger partial charge in [0, 0.05) is 37.4 Å². The summed E-state index contributed by atoms with van der Waals surface area (Å²) in [6, 6.07) is 4.25. The Morgan fingerprint density at radius 2 is 2.18 bits per heavy atom. The molecule has 0 spiro atoms. The van der Waals surface area contributed by atoms with Gasteiger partial charge < -0.3 is 10.6 Å².